The van der Waals surface area contributed by atoms with Crippen molar-refractivity contribution in [1.29, 1.82) is 5.41 Å². The minimum Gasteiger partial charge on any atom is -0.424 e. The quantitative estimate of drug-likeness (QED) is 0.294. The first-order chi connectivity index (χ1) is 6.83. The molecule has 0 aromatic rings. The molecule has 84 valence electrons. The zero-order valence-corrected chi connectivity index (χ0v) is 10.9. The fourth-order valence-corrected chi connectivity index (χ4v) is 2.15. The molecule has 1 N–H and O–H groups in total. The first-order valence-electron chi connectivity index (χ1n) is 5.45. The van der Waals surface area contributed by atoms with Gasteiger partial charge in [0, 0.05) is 6.61 Å². The molecule has 0 bridgehead atoms. The first-order valence-corrected chi connectivity index (χ1v) is 7.02. The van der Waals surface area contributed by atoms with E-state index in [0.29, 0.717) is 0 Å². The van der Waals surface area contributed by atoms with Crippen LogP contribution in [0, 0.1) is 5.41 Å². The molecule has 0 aliphatic rings. The lowest BCUT2D eigenvalue weighted by Gasteiger charge is -2.01. The Hall–Kier alpha value is -0.443. The van der Waals surface area contributed by atoms with Crippen LogP contribution in [-0.2, 0) is 9.22 Å². The molecular weight excluding hydrogens is 194 g/mol. The summed E-state index contributed by atoms with van der Waals surface area (Å²) >= 11 is 0. The number of carbonyl (C=O) groups excluding carboxylic acids is 1. The molecule has 0 aromatic carbocycles. The van der Waals surface area contributed by atoms with Gasteiger partial charge in [-0.2, -0.15) is 0 Å². The third-order valence-electron chi connectivity index (χ3n) is 1.78. The SMILES string of the molecule is CCCCC[SiH2]OCCCC.N=C=O. The molecule has 0 aliphatic heterocycles. The highest BCUT2D eigenvalue weighted by Crippen LogP contribution is 1.99. The van der Waals surface area contributed by atoms with Crippen LogP contribution >= 0.6 is 0 Å². The molecule has 0 unspecified atom stereocenters. The molecule has 0 heterocycles. The van der Waals surface area contributed by atoms with Crippen LogP contribution < -0.4 is 0 Å². The molecule has 14 heavy (non-hydrogen) atoms. The van der Waals surface area contributed by atoms with E-state index in [4.69, 9.17) is 14.6 Å². The van der Waals surface area contributed by atoms with Crippen molar-refractivity contribution < 1.29 is 9.22 Å². The Labute approximate surface area is 89.7 Å². The second kappa shape index (κ2) is 18.4. The van der Waals surface area contributed by atoms with Crippen molar-refractivity contribution in [2.45, 2.75) is 52.0 Å². The topological polar surface area (TPSA) is 50.1 Å². The average Bonchev–Trinajstić information content (AvgIpc) is 2.18. The van der Waals surface area contributed by atoms with Gasteiger partial charge in [0.2, 0.25) is 6.08 Å². The predicted octanol–water partition coefficient (Wildman–Crippen LogP) is 2.40. The van der Waals surface area contributed by atoms with E-state index in [-0.39, 0.29) is 9.76 Å². The highest BCUT2D eigenvalue weighted by Gasteiger charge is 1.89. The van der Waals surface area contributed by atoms with Crippen molar-refractivity contribution in [2.75, 3.05) is 6.61 Å². The summed E-state index contributed by atoms with van der Waals surface area (Å²) in [4.78, 5) is 8.35. The molecule has 3 nitrogen and oxygen atoms in total. The normalized spacial score (nSPS) is 9.57. The molecule has 0 aromatic heterocycles. The van der Waals surface area contributed by atoms with Crippen molar-refractivity contribution in [2.24, 2.45) is 0 Å². The Morgan fingerprint density at radius 2 is 1.79 bits per heavy atom. The van der Waals surface area contributed by atoms with E-state index < -0.39 is 0 Å². The van der Waals surface area contributed by atoms with E-state index in [0.717, 1.165) is 12.7 Å². The van der Waals surface area contributed by atoms with Gasteiger partial charge in [-0.15, -0.1) is 0 Å². The lowest BCUT2D eigenvalue weighted by molar-refractivity contribution is 0.325. The summed E-state index contributed by atoms with van der Waals surface area (Å²) in [5, 5.41) is 5.40. The summed E-state index contributed by atoms with van der Waals surface area (Å²) in [7, 11) is -0.129. The first kappa shape index (κ1) is 16.0. The van der Waals surface area contributed by atoms with Crippen molar-refractivity contribution in [3.05, 3.63) is 0 Å². The summed E-state index contributed by atoms with van der Waals surface area (Å²) < 4.78 is 5.56. The summed E-state index contributed by atoms with van der Waals surface area (Å²) in [5.74, 6) is 0. The molecular formula is C10H23NO2Si. The minimum absolute atomic E-state index is 0.129. The van der Waals surface area contributed by atoms with E-state index >= 15 is 0 Å². The summed E-state index contributed by atoms with van der Waals surface area (Å²) in [6.45, 7) is 5.48. The zero-order valence-electron chi connectivity index (χ0n) is 9.47. The van der Waals surface area contributed by atoms with Crippen LogP contribution in [0.15, 0.2) is 0 Å². The van der Waals surface area contributed by atoms with Gasteiger partial charge in [0.15, 0.2) is 9.76 Å². The van der Waals surface area contributed by atoms with Crippen molar-refractivity contribution in [1.82, 2.24) is 0 Å². The molecule has 0 fully saturated rings. The van der Waals surface area contributed by atoms with E-state index in [9.17, 15) is 0 Å². The highest BCUT2D eigenvalue weighted by atomic mass is 28.2. The number of nitrogens with one attached hydrogen (secondary N) is 1. The van der Waals surface area contributed by atoms with Gasteiger partial charge in [0.05, 0.1) is 0 Å². The van der Waals surface area contributed by atoms with E-state index in [1.54, 1.807) is 0 Å². The van der Waals surface area contributed by atoms with Gasteiger partial charge in [-0.3, -0.25) is 0 Å². The van der Waals surface area contributed by atoms with Crippen LogP contribution in [0.2, 0.25) is 6.04 Å². The molecule has 0 amide bonds. The number of hydrogen-bond donors (Lipinski definition) is 1. The van der Waals surface area contributed by atoms with Crippen molar-refractivity contribution in [3.8, 4) is 0 Å². The Morgan fingerprint density at radius 1 is 1.21 bits per heavy atom. The smallest absolute Gasteiger partial charge is 0.231 e. The fraction of sp³-hybridized carbons (Fsp3) is 0.900. The van der Waals surface area contributed by atoms with Gasteiger partial charge in [-0.05, 0) is 12.5 Å². The fourth-order valence-electron chi connectivity index (χ4n) is 0.979. The van der Waals surface area contributed by atoms with Crippen LogP contribution in [0.25, 0.3) is 0 Å². The number of hydrogen-bond acceptors (Lipinski definition) is 3. The van der Waals surface area contributed by atoms with Crippen molar-refractivity contribution >= 4 is 15.8 Å². The summed E-state index contributed by atoms with van der Waals surface area (Å²) in [6.07, 6.45) is 7.40. The zero-order chi connectivity index (χ0) is 11.1. The summed E-state index contributed by atoms with van der Waals surface area (Å²) in [5.41, 5.74) is 0. The Balaban J connectivity index is 0. The Bertz CT molecular complexity index is 117. The average molecular weight is 217 g/mol. The lowest BCUT2D eigenvalue weighted by Crippen LogP contribution is -1.99. The van der Waals surface area contributed by atoms with Gasteiger partial charge in [-0.1, -0.05) is 39.5 Å². The van der Waals surface area contributed by atoms with Gasteiger partial charge in [0.25, 0.3) is 0 Å². The van der Waals surface area contributed by atoms with Crippen molar-refractivity contribution in [3.63, 3.8) is 0 Å². The number of rotatable bonds is 8. The monoisotopic (exact) mass is 217 g/mol. The maximum atomic E-state index is 8.35. The maximum Gasteiger partial charge on any atom is 0.231 e. The predicted molar refractivity (Wildman–Crippen MR) is 62.1 cm³/mol. The molecule has 0 spiro atoms. The van der Waals surface area contributed by atoms with E-state index in [1.165, 1.54) is 38.1 Å². The van der Waals surface area contributed by atoms with Gasteiger partial charge < -0.3 is 4.43 Å². The second-order valence-electron chi connectivity index (χ2n) is 3.13. The molecule has 0 aliphatic carbocycles. The van der Waals surface area contributed by atoms with Crippen LogP contribution in [0.4, 0.5) is 0 Å². The summed E-state index contributed by atoms with van der Waals surface area (Å²) in [6, 6.07) is 1.39. The van der Waals surface area contributed by atoms with E-state index in [1.807, 2.05) is 0 Å². The molecule has 0 saturated heterocycles. The third-order valence-corrected chi connectivity index (χ3v) is 3.15. The molecule has 0 radical (unpaired) electrons. The van der Waals surface area contributed by atoms with Gasteiger partial charge in [-0.25, -0.2) is 10.2 Å². The largest absolute Gasteiger partial charge is 0.424 e. The van der Waals surface area contributed by atoms with Gasteiger partial charge >= 0.3 is 0 Å². The minimum atomic E-state index is -0.129. The molecule has 4 heteroatoms. The molecule has 0 saturated carbocycles. The number of unbranched alkanes of at least 4 members (excludes halogenated alkanes) is 3. The van der Waals surface area contributed by atoms with Crippen LogP contribution in [0.5, 0.6) is 0 Å². The van der Waals surface area contributed by atoms with Crippen LogP contribution in [0.3, 0.4) is 0 Å². The van der Waals surface area contributed by atoms with Crippen LogP contribution in [0.1, 0.15) is 46.0 Å². The Morgan fingerprint density at radius 3 is 2.29 bits per heavy atom. The molecule has 0 atom stereocenters. The maximum absolute atomic E-state index is 8.35. The van der Waals surface area contributed by atoms with E-state index in [2.05, 4.69) is 13.8 Å². The third kappa shape index (κ3) is 22.6. The van der Waals surface area contributed by atoms with Gasteiger partial charge in [0.1, 0.15) is 0 Å². The lowest BCUT2D eigenvalue weighted by atomic mass is 10.3. The highest BCUT2D eigenvalue weighted by molar-refractivity contribution is 6.26. The molecule has 0 rings (SSSR count). The Kier molecular flexibility index (Phi) is 21.0. The number of isocyanates is 1. The van der Waals surface area contributed by atoms with Crippen LogP contribution in [-0.4, -0.2) is 22.4 Å². The second-order valence-corrected chi connectivity index (χ2v) is 4.65. The standard InChI is InChI=1S/C9H22OSi.CHNO/c1-3-5-7-9-11-10-8-6-4-2;2-1-3/h3-9,11H2,1-2H3;2H.